The molecule has 156 valence electrons. The lowest BCUT2D eigenvalue weighted by atomic mass is 10.2. The van der Waals surface area contributed by atoms with Gasteiger partial charge >= 0.3 is 0 Å². The lowest BCUT2D eigenvalue weighted by Crippen LogP contribution is -2.30. The third-order valence-corrected chi connectivity index (χ3v) is 6.54. The molecule has 0 atom stereocenters. The van der Waals surface area contributed by atoms with E-state index >= 15 is 0 Å². The van der Waals surface area contributed by atoms with Crippen LogP contribution in [0.15, 0.2) is 65.8 Å². The summed E-state index contributed by atoms with van der Waals surface area (Å²) in [6, 6.07) is 12.3. The number of hydrogen-bond acceptors (Lipinski definition) is 6. The zero-order valence-corrected chi connectivity index (χ0v) is 17.4. The molecule has 3 aromatic rings. The van der Waals surface area contributed by atoms with Crippen LogP contribution in [0.5, 0.6) is 5.75 Å². The average molecular weight is 426 g/mol. The molecule has 0 saturated heterocycles. The first kappa shape index (κ1) is 21.4. The number of aromatic hydroxyl groups is 1. The van der Waals surface area contributed by atoms with Gasteiger partial charge in [-0.1, -0.05) is 26.0 Å². The molecule has 2 N–H and O–H groups in total. The molecule has 0 aliphatic rings. The second kappa shape index (κ2) is 9.02. The molecule has 1 amide bonds. The van der Waals surface area contributed by atoms with Gasteiger partial charge in [-0.3, -0.25) is 4.79 Å². The number of nitrogens with one attached hydrogen (secondary N) is 1. The van der Waals surface area contributed by atoms with Crippen molar-refractivity contribution in [1.29, 1.82) is 0 Å². The van der Waals surface area contributed by atoms with Crippen molar-refractivity contribution in [3.05, 3.63) is 66.5 Å². The minimum Gasteiger partial charge on any atom is -0.508 e. The van der Waals surface area contributed by atoms with E-state index in [0.717, 1.165) is 0 Å². The number of nitrogens with zero attached hydrogens (tertiary/aromatic N) is 3. The summed E-state index contributed by atoms with van der Waals surface area (Å²) in [7, 11) is -3.57. The number of phenols is 1. The van der Waals surface area contributed by atoms with Crippen LogP contribution >= 0.6 is 0 Å². The van der Waals surface area contributed by atoms with Crippen LogP contribution in [0, 0.1) is 0 Å². The van der Waals surface area contributed by atoms with Crippen molar-refractivity contribution in [2.24, 2.45) is 0 Å². The Balaban J connectivity index is 1.72. The smallest absolute Gasteiger partial charge is 0.255 e. The Hall–Kier alpha value is -3.30. The lowest BCUT2D eigenvalue weighted by molar-refractivity contribution is 0.102. The van der Waals surface area contributed by atoms with Gasteiger partial charge in [0.05, 0.1) is 23.0 Å². The maximum absolute atomic E-state index is 12.5. The van der Waals surface area contributed by atoms with E-state index in [-0.39, 0.29) is 10.6 Å². The first-order valence-corrected chi connectivity index (χ1v) is 10.8. The highest BCUT2D eigenvalue weighted by atomic mass is 32.2. The quantitative estimate of drug-likeness (QED) is 0.600. The van der Waals surface area contributed by atoms with Crippen LogP contribution in [0.1, 0.15) is 24.2 Å². The molecule has 30 heavy (non-hydrogen) atoms. The summed E-state index contributed by atoms with van der Waals surface area (Å²) in [5, 5.41) is 12.2. The minimum atomic E-state index is -3.57. The number of carbonyl (C=O) groups excluding carboxylic acids is 1. The van der Waals surface area contributed by atoms with E-state index in [1.54, 1.807) is 38.1 Å². The number of sulfonamides is 1. The Bertz CT molecular complexity index is 1130. The maximum Gasteiger partial charge on any atom is 0.255 e. The summed E-state index contributed by atoms with van der Waals surface area (Å²) in [5.74, 6) is 0.116. The van der Waals surface area contributed by atoms with E-state index in [2.05, 4.69) is 15.3 Å². The Kier molecular flexibility index (Phi) is 6.43. The van der Waals surface area contributed by atoms with E-state index in [9.17, 15) is 18.3 Å². The van der Waals surface area contributed by atoms with E-state index < -0.39 is 15.9 Å². The molecule has 0 unspecified atom stereocenters. The number of aromatic nitrogens is 2. The molecule has 0 bridgehead atoms. The van der Waals surface area contributed by atoms with E-state index in [1.807, 2.05) is 0 Å². The summed E-state index contributed by atoms with van der Waals surface area (Å²) in [6.45, 7) is 4.30. The number of amides is 1. The molecule has 0 radical (unpaired) electrons. The van der Waals surface area contributed by atoms with Gasteiger partial charge in [0, 0.05) is 24.2 Å². The Labute approximate surface area is 175 Å². The highest BCUT2D eigenvalue weighted by Crippen LogP contribution is 2.21. The first-order valence-electron chi connectivity index (χ1n) is 9.38. The van der Waals surface area contributed by atoms with Gasteiger partial charge in [0.25, 0.3) is 5.91 Å². The normalized spacial score (nSPS) is 11.4. The van der Waals surface area contributed by atoms with Crippen molar-refractivity contribution < 1.29 is 18.3 Å². The molecule has 0 fully saturated rings. The van der Waals surface area contributed by atoms with E-state index in [0.29, 0.717) is 35.7 Å². The fourth-order valence-corrected chi connectivity index (χ4v) is 4.34. The summed E-state index contributed by atoms with van der Waals surface area (Å²) < 4.78 is 26.4. The Morgan fingerprint density at radius 1 is 1.03 bits per heavy atom. The largest absolute Gasteiger partial charge is 0.508 e. The van der Waals surface area contributed by atoms with Crippen molar-refractivity contribution >= 4 is 21.6 Å². The van der Waals surface area contributed by atoms with Crippen molar-refractivity contribution in [1.82, 2.24) is 14.3 Å². The molecule has 0 spiro atoms. The SMILES string of the molecule is CCN(CC)S(=O)(=O)c1ccc(C(=O)Nc2cnc(-c3cccc(O)c3)nc2)cc1. The molecule has 1 heterocycles. The second-order valence-electron chi connectivity index (χ2n) is 6.41. The number of anilines is 1. The van der Waals surface area contributed by atoms with Gasteiger partial charge in [-0.25, -0.2) is 18.4 Å². The van der Waals surface area contributed by atoms with Crippen LogP contribution < -0.4 is 5.32 Å². The number of hydrogen-bond donors (Lipinski definition) is 2. The topological polar surface area (TPSA) is 112 Å². The van der Waals surface area contributed by atoms with Gasteiger partial charge in [-0.15, -0.1) is 0 Å². The van der Waals surface area contributed by atoms with Gasteiger partial charge < -0.3 is 10.4 Å². The van der Waals surface area contributed by atoms with Crippen molar-refractivity contribution in [3.8, 4) is 17.1 Å². The maximum atomic E-state index is 12.5. The summed E-state index contributed by atoms with van der Waals surface area (Å²) in [4.78, 5) is 21.0. The standard InChI is InChI=1S/C21H22N4O4S/c1-3-25(4-2)30(28,29)19-10-8-15(9-11-19)21(27)24-17-13-22-20(23-14-17)16-6-5-7-18(26)12-16/h5-14,26H,3-4H2,1-2H3,(H,24,27). The fourth-order valence-electron chi connectivity index (χ4n) is 2.88. The molecule has 0 saturated carbocycles. The average Bonchev–Trinajstić information content (AvgIpc) is 2.75. The van der Waals surface area contributed by atoms with Crippen LogP contribution in [-0.4, -0.2) is 46.8 Å². The summed E-state index contributed by atoms with van der Waals surface area (Å²) in [6.07, 6.45) is 2.92. The predicted octanol–water partition coefficient (Wildman–Crippen LogP) is 3.13. The van der Waals surface area contributed by atoms with Crippen LogP contribution in [0.25, 0.3) is 11.4 Å². The Morgan fingerprint density at radius 3 is 2.23 bits per heavy atom. The molecule has 2 aromatic carbocycles. The monoisotopic (exact) mass is 426 g/mol. The van der Waals surface area contributed by atoms with Gasteiger partial charge in [0.1, 0.15) is 5.75 Å². The second-order valence-corrected chi connectivity index (χ2v) is 8.35. The zero-order chi connectivity index (χ0) is 21.7. The molecular formula is C21H22N4O4S. The number of carbonyl (C=O) groups is 1. The summed E-state index contributed by atoms with van der Waals surface area (Å²) in [5.41, 5.74) is 1.35. The highest BCUT2D eigenvalue weighted by molar-refractivity contribution is 7.89. The molecular weight excluding hydrogens is 404 g/mol. The first-order chi connectivity index (χ1) is 14.3. The van der Waals surface area contributed by atoms with Gasteiger partial charge in [-0.05, 0) is 36.4 Å². The fraction of sp³-hybridized carbons (Fsp3) is 0.190. The molecule has 0 aliphatic heterocycles. The molecule has 9 heteroatoms. The molecule has 3 rings (SSSR count). The van der Waals surface area contributed by atoms with Crippen LogP contribution in [-0.2, 0) is 10.0 Å². The van der Waals surface area contributed by atoms with Crippen LogP contribution in [0.4, 0.5) is 5.69 Å². The Morgan fingerprint density at radius 2 is 1.67 bits per heavy atom. The zero-order valence-electron chi connectivity index (χ0n) is 16.6. The van der Waals surface area contributed by atoms with Crippen molar-refractivity contribution in [3.63, 3.8) is 0 Å². The van der Waals surface area contributed by atoms with Crippen molar-refractivity contribution in [2.75, 3.05) is 18.4 Å². The van der Waals surface area contributed by atoms with Gasteiger partial charge in [0.15, 0.2) is 5.82 Å². The number of rotatable bonds is 7. The number of phenolic OH excluding ortho intramolecular Hbond substituents is 1. The predicted molar refractivity (Wildman–Crippen MR) is 114 cm³/mol. The molecule has 1 aromatic heterocycles. The van der Waals surface area contributed by atoms with Crippen LogP contribution in [0.2, 0.25) is 0 Å². The van der Waals surface area contributed by atoms with E-state index in [1.165, 1.54) is 41.0 Å². The third kappa shape index (κ3) is 4.64. The molecule has 8 nitrogen and oxygen atoms in total. The number of benzene rings is 2. The third-order valence-electron chi connectivity index (χ3n) is 4.47. The summed E-state index contributed by atoms with van der Waals surface area (Å²) >= 11 is 0. The van der Waals surface area contributed by atoms with E-state index in [4.69, 9.17) is 0 Å². The van der Waals surface area contributed by atoms with Crippen molar-refractivity contribution in [2.45, 2.75) is 18.7 Å². The molecule has 0 aliphatic carbocycles. The lowest BCUT2D eigenvalue weighted by Gasteiger charge is -2.18. The van der Waals surface area contributed by atoms with Gasteiger partial charge in [0.2, 0.25) is 10.0 Å². The minimum absolute atomic E-state index is 0.111. The van der Waals surface area contributed by atoms with Gasteiger partial charge in [-0.2, -0.15) is 4.31 Å². The highest BCUT2D eigenvalue weighted by Gasteiger charge is 2.21. The van der Waals surface area contributed by atoms with Crippen LogP contribution in [0.3, 0.4) is 0 Å².